The minimum atomic E-state index is -0.253. The predicted octanol–water partition coefficient (Wildman–Crippen LogP) is 6.57. The van der Waals surface area contributed by atoms with Crippen molar-refractivity contribution in [2.24, 2.45) is 5.92 Å². The number of ether oxygens (including phenoxy) is 6. The average Bonchev–Trinajstić information content (AvgIpc) is 3.14. The molecule has 5 rings (SSSR count). The van der Waals surface area contributed by atoms with Crippen molar-refractivity contribution in [1.29, 1.82) is 0 Å². The standard InChI is InChI=1S/C40H46N2O8/c1-45-33-11-6-7-12-36(33)50-32-10-8-9-31(21-32)26-41-19-17-28(18-20-41)27-42(39(43)24-29-13-15-34(46-2)37(22-29)48-4)40(44)25-30-14-16-35(47-3)38(23-30)49-5/h6-16,21-23,28H,17-20,24-27H2,1-5H3. The van der Waals surface area contributed by atoms with Gasteiger partial charge in [0.25, 0.3) is 0 Å². The maximum absolute atomic E-state index is 13.9. The maximum atomic E-state index is 13.9. The highest BCUT2D eigenvalue weighted by Crippen LogP contribution is 2.32. The number of nitrogens with zero attached hydrogens (tertiary/aromatic N) is 2. The number of benzene rings is 4. The number of likely N-dealkylation sites (tertiary alicyclic amines) is 1. The second-order valence-corrected chi connectivity index (χ2v) is 12.3. The van der Waals surface area contributed by atoms with Crippen molar-refractivity contribution in [2.45, 2.75) is 32.2 Å². The Morgan fingerprint density at radius 3 is 1.66 bits per heavy atom. The van der Waals surface area contributed by atoms with Crippen LogP contribution in [-0.4, -0.2) is 76.8 Å². The van der Waals surface area contributed by atoms with E-state index in [9.17, 15) is 9.59 Å². The van der Waals surface area contributed by atoms with Crippen LogP contribution >= 0.6 is 0 Å². The van der Waals surface area contributed by atoms with E-state index in [1.807, 2.05) is 48.5 Å². The van der Waals surface area contributed by atoms with Crippen LogP contribution in [0.2, 0.25) is 0 Å². The number of rotatable bonds is 15. The first kappa shape index (κ1) is 36.1. The van der Waals surface area contributed by atoms with Gasteiger partial charge >= 0.3 is 0 Å². The van der Waals surface area contributed by atoms with Crippen molar-refractivity contribution in [3.05, 3.63) is 102 Å². The second-order valence-electron chi connectivity index (χ2n) is 12.3. The summed E-state index contributed by atoms with van der Waals surface area (Å²) in [7, 11) is 7.88. The van der Waals surface area contributed by atoms with E-state index < -0.39 is 0 Å². The van der Waals surface area contributed by atoms with Gasteiger partial charge in [0.05, 0.1) is 48.4 Å². The average molecular weight is 683 g/mol. The Bertz CT molecular complexity index is 1680. The van der Waals surface area contributed by atoms with E-state index in [0.717, 1.165) is 54.9 Å². The third-order valence-electron chi connectivity index (χ3n) is 8.96. The summed E-state index contributed by atoms with van der Waals surface area (Å²) in [6.45, 7) is 2.83. The van der Waals surface area contributed by atoms with Gasteiger partial charge in [0.1, 0.15) is 5.75 Å². The van der Waals surface area contributed by atoms with Gasteiger partial charge in [0.2, 0.25) is 11.8 Å². The molecule has 4 aromatic rings. The Morgan fingerprint density at radius 2 is 1.12 bits per heavy atom. The fraction of sp³-hybridized carbons (Fsp3) is 0.350. The normalized spacial score (nSPS) is 13.3. The predicted molar refractivity (Wildman–Crippen MR) is 191 cm³/mol. The number of carbonyl (C=O) groups is 2. The Morgan fingerprint density at radius 1 is 0.600 bits per heavy atom. The van der Waals surface area contributed by atoms with E-state index >= 15 is 0 Å². The SMILES string of the molecule is COc1ccc(CC(=O)N(CC2CCN(Cc3cccc(Oc4ccccc4OC)c3)CC2)C(=O)Cc2ccc(OC)c(OC)c2)cc1OC. The number of amides is 2. The molecule has 0 aliphatic carbocycles. The number of para-hydroxylation sites is 2. The lowest BCUT2D eigenvalue weighted by Gasteiger charge is -2.34. The largest absolute Gasteiger partial charge is 0.493 e. The first-order chi connectivity index (χ1) is 24.3. The molecule has 2 amide bonds. The lowest BCUT2D eigenvalue weighted by molar-refractivity contribution is -0.145. The zero-order chi connectivity index (χ0) is 35.5. The van der Waals surface area contributed by atoms with E-state index in [1.54, 1.807) is 59.8 Å². The van der Waals surface area contributed by atoms with Gasteiger partial charge in [-0.1, -0.05) is 36.4 Å². The van der Waals surface area contributed by atoms with Crippen LogP contribution in [0.4, 0.5) is 0 Å². The van der Waals surface area contributed by atoms with Crippen molar-refractivity contribution in [3.63, 3.8) is 0 Å². The molecule has 0 aromatic heterocycles. The van der Waals surface area contributed by atoms with Gasteiger partial charge in [-0.2, -0.15) is 0 Å². The lowest BCUT2D eigenvalue weighted by Crippen LogP contribution is -2.44. The molecule has 0 N–H and O–H groups in total. The molecule has 10 nitrogen and oxygen atoms in total. The van der Waals surface area contributed by atoms with Gasteiger partial charge < -0.3 is 28.4 Å². The van der Waals surface area contributed by atoms with Crippen molar-refractivity contribution >= 4 is 11.8 Å². The number of carbonyl (C=O) groups excluding carboxylic acids is 2. The Kier molecular flexibility index (Phi) is 12.6. The van der Waals surface area contributed by atoms with Crippen molar-refractivity contribution in [2.75, 3.05) is 55.2 Å². The molecule has 0 saturated carbocycles. The number of hydrogen-bond donors (Lipinski definition) is 0. The highest BCUT2D eigenvalue weighted by atomic mass is 16.5. The van der Waals surface area contributed by atoms with E-state index in [-0.39, 0.29) is 30.6 Å². The fourth-order valence-corrected chi connectivity index (χ4v) is 6.24. The van der Waals surface area contributed by atoms with Gasteiger partial charge in [0, 0.05) is 13.1 Å². The molecule has 264 valence electrons. The third-order valence-corrected chi connectivity index (χ3v) is 8.96. The van der Waals surface area contributed by atoms with Gasteiger partial charge in [0.15, 0.2) is 34.5 Å². The first-order valence-electron chi connectivity index (χ1n) is 16.7. The zero-order valence-corrected chi connectivity index (χ0v) is 29.5. The van der Waals surface area contributed by atoms with Crippen LogP contribution in [0.5, 0.6) is 40.2 Å². The first-order valence-corrected chi connectivity index (χ1v) is 16.7. The third kappa shape index (κ3) is 9.26. The smallest absolute Gasteiger partial charge is 0.233 e. The van der Waals surface area contributed by atoms with E-state index in [2.05, 4.69) is 17.0 Å². The van der Waals surface area contributed by atoms with Crippen LogP contribution in [0, 0.1) is 5.92 Å². The molecular formula is C40H46N2O8. The van der Waals surface area contributed by atoms with Gasteiger partial charge in [-0.15, -0.1) is 0 Å². The molecule has 10 heteroatoms. The minimum Gasteiger partial charge on any atom is -0.493 e. The summed E-state index contributed by atoms with van der Waals surface area (Å²) >= 11 is 0. The van der Waals surface area contributed by atoms with E-state index in [1.165, 1.54) is 4.90 Å². The summed E-state index contributed by atoms with van der Waals surface area (Å²) in [6, 6.07) is 26.4. The molecule has 0 unspecified atom stereocenters. The van der Waals surface area contributed by atoms with E-state index in [0.29, 0.717) is 41.0 Å². The van der Waals surface area contributed by atoms with Crippen molar-refractivity contribution in [3.8, 4) is 40.2 Å². The van der Waals surface area contributed by atoms with Crippen LogP contribution < -0.4 is 28.4 Å². The second kappa shape index (κ2) is 17.4. The molecule has 1 saturated heterocycles. The summed E-state index contributed by atoms with van der Waals surface area (Å²) in [4.78, 5) is 31.6. The molecule has 50 heavy (non-hydrogen) atoms. The molecule has 0 spiro atoms. The summed E-state index contributed by atoms with van der Waals surface area (Å²) < 4.78 is 33.2. The topological polar surface area (TPSA) is 96.0 Å². The number of hydrogen-bond acceptors (Lipinski definition) is 9. The van der Waals surface area contributed by atoms with Crippen LogP contribution in [-0.2, 0) is 29.0 Å². The lowest BCUT2D eigenvalue weighted by atomic mass is 9.95. The Labute approximate surface area is 294 Å². The Hall–Kier alpha value is -5.22. The maximum Gasteiger partial charge on any atom is 0.233 e. The molecular weight excluding hydrogens is 636 g/mol. The van der Waals surface area contributed by atoms with E-state index in [4.69, 9.17) is 28.4 Å². The van der Waals surface area contributed by atoms with Crippen LogP contribution in [0.1, 0.15) is 29.5 Å². The van der Waals surface area contributed by atoms with Gasteiger partial charge in [-0.05, 0) is 97.1 Å². The molecule has 1 aliphatic heterocycles. The summed E-state index contributed by atoms with van der Waals surface area (Å²) in [5.74, 6) is 3.98. The molecule has 4 aromatic carbocycles. The highest BCUT2D eigenvalue weighted by molar-refractivity contribution is 5.97. The number of imide groups is 1. The summed E-state index contributed by atoms with van der Waals surface area (Å²) in [6.07, 6.45) is 1.84. The highest BCUT2D eigenvalue weighted by Gasteiger charge is 2.28. The minimum absolute atomic E-state index is 0.0597. The molecule has 0 radical (unpaired) electrons. The summed E-state index contributed by atoms with van der Waals surface area (Å²) in [5.41, 5.74) is 2.62. The molecule has 0 bridgehead atoms. The van der Waals surface area contributed by atoms with Crippen LogP contribution in [0.25, 0.3) is 0 Å². The molecule has 1 aliphatic rings. The monoisotopic (exact) mass is 682 g/mol. The quantitative estimate of drug-likeness (QED) is 0.138. The Balaban J connectivity index is 1.25. The van der Waals surface area contributed by atoms with Gasteiger partial charge in [-0.25, -0.2) is 0 Å². The van der Waals surface area contributed by atoms with Crippen molar-refractivity contribution in [1.82, 2.24) is 9.80 Å². The van der Waals surface area contributed by atoms with Crippen LogP contribution in [0.3, 0.4) is 0 Å². The number of methoxy groups -OCH3 is 5. The molecule has 1 heterocycles. The summed E-state index contributed by atoms with van der Waals surface area (Å²) in [5, 5.41) is 0. The fourth-order valence-electron chi connectivity index (χ4n) is 6.24. The molecule has 1 fully saturated rings. The zero-order valence-electron chi connectivity index (χ0n) is 29.5. The van der Waals surface area contributed by atoms with Crippen LogP contribution in [0.15, 0.2) is 84.9 Å². The van der Waals surface area contributed by atoms with Crippen molar-refractivity contribution < 1.29 is 38.0 Å². The number of piperidine rings is 1. The van der Waals surface area contributed by atoms with Gasteiger partial charge in [-0.3, -0.25) is 19.4 Å². The molecule has 0 atom stereocenters.